The van der Waals surface area contributed by atoms with Gasteiger partial charge in [0.15, 0.2) is 5.82 Å². The number of hydrogen-bond donors (Lipinski definition) is 1. The van der Waals surface area contributed by atoms with Gasteiger partial charge in [-0.15, -0.1) is 0 Å². The van der Waals surface area contributed by atoms with E-state index < -0.39 is 0 Å². The fourth-order valence-corrected chi connectivity index (χ4v) is 4.19. The fraction of sp³-hybridized carbons (Fsp3) is 0.417. The van der Waals surface area contributed by atoms with Gasteiger partial charge in [0.05, 0.1) is 5.69 Å². The van der Waals surface area contributed by atoms with Crippen molar-refractivity contribution in [3.8, 4) is 5.82 Å². The van der Waals surface area contributed by atoms with Crippen molar-refractivity contribution in [2.45, 2.75) is 52.9 Å². The lowest BCUT2D eigenvalue weighted by Gasteiger charge is -2.27. The molecule has 0 spiro atoms. The number of benzene rings is 1. The zero-order valence-corrected chi connectivity index (χ0v) is 18.6. The Morgan fingerprint density at radius 2 is 1.81 bits per heavy atom. The Bertz CT molecular complexity index is 1070. The third-order valence-corrected chi connectivity index (χ3v) is 5.88. The molecule has 0 radical (unpaired) electrons. The Kier molecular flexibility index (Phi) is 6.30. The number of nitrogens with zero attached hydrogens (tertiary/aromatic N) is 5. The highest BCUT2D eigenvalue weighted by atomic mass is 16.1. The van der Waals surface area contributed by atoms with Gasteiger partial charge in [-0.05, 0) is 69.7 Å². The molecule has 0 saturated carbocycles. The third kappa shape index (κ3) is 4.93. The summed E-state index contributed by atoms with van der Waals surface area (Å²) in [6.07, 6.45) is 6.35. The van der Waals surface area contributed by atoms with Gasteiger partial charge in [0.1, 0.15) is 12.1 Å². The van der Waals surface area contributed by atoms with Crippen LogP contribution < -0.4 is 10.2 Å². The summed E-state index contributed by atoms with van der Waals surface area (Å²) in [5.41, 5.74) is 5.00. The molecule has 1 N–H and O–H groups in total. The Labute approximate surface area is 183 Å². The van der Waals surface area contributed by atoms with E-state index >= 15 is 0 Å². The lowest BCUT2D eigenvalue weighted by molar-refractivity contribution is -0.116. The maximum atomic E-state index is 12.5. The van der Waals surface area contributed by atoms with E-state index in [0.29, 0.717) is 12.8 Å². The van der Waals surface area contributed by atoms with Gasteiger partial charge in [0, 0.05) is 37.0 Å². The molecule has 31 heavy (non-hydrogen) atoms. The van der Waals surface area contributed by atoms with Gasteiger partial charge in [-0.1, -0.05) is 12.1 Å². The quantitative estimate of drug-likeness (QED) is 0.651. The highest BCUT2D eigenvalue weighted by Crippen LogP contribution is 2.22. The normalized spacial score (nSPS) is 14.0. The third-order valence-electron chi connectivity index (χ3n) is 5.88. The van der Waals surface area contributed by atoms with Crippen LogP contribution in [-0.4, -0.2) is 38.7 Å². The van der Waals surface area contributed by atoms with E-state index in [2.05, 4.69) is 20.2 Å². The van der Waals surface area contributed by atoms with Crippen molar-refractivity contribution in [2.75, 3.05) is 23.3 Å². The van der Waals surface area contributed by atoms with Gasteiger partial charge in [-0.2, -0.15) is 5.10 Å². The number of carbonyl (C=O) groups excluding carboxylic acids is 1. The molecular formula is C24H30N6O. The highest BCUT2D eigenvalue weighted by molar-refractivity contribution is 5.90. The number of amides is 1. The van der Waals surface area contributed by atoms with Gasteiger partial charge in [0.2, 0.25) is 5.91 Å². The van der Waals surface area contributed by atoms with Gasteiger partial charge >= 0.3 is 0 Å². The number of aromatic nitrogens is 4. The van der Waals surface area contributed by atoms with Crippen LogP contribution in [0.3, 0.4) is 0 Å². The molecule has 0 bridgehead atoms. The summed E-state index contributed by atoms with van der Waals surface area (Å²) in [4.78, 5) is 23.7. The smallest absolute Gasteiger partial charge is 0.224 e. The van der Waals surface area contributed by atoms with Crippen molar-refractivity contribution in [1.29, 1.82) is 0 Å². The van der Waals surface area contributed by atoms with Gasteiger partial charge in [-0.3, -0.25) is 4.79 Å². The minimum Gasteiger partial charge on any atom is -0.356 e. The summed E-state index contributed by atoms with van der Waals surface area (Å²) in [7, 11) is 0. The molecule has 1 aliphatic rings. The highest BCUT2D eigenvalue weighted by Gasteiger charge is 2.17. The van der Waals surface area contributed by atoms with Crippen molar-refractivity contribution in [2.24, 2.45) is 0 Å². The fourth-order valence-electron chi connectivity index (χ4n) is 4.19. The second kappa shape index (κ2) is 9.29. The average Bonchev–Trinajstić information content (AvgIpc) is 3.06. The second-order valence-electron chi connectivity index (χ2n) is 8.26. The van der Waals surface area contributed by atoms with Crippen LogP contribution in [0.1, 0.15) is 48.2 Å². The first kappa shape index (κ1) is 21.0. The standard InChI is InChI=1S/C24H30N6O/c1-17-8-7-9-20(14-17)27-24(31)11-10-21-18(2)28-30(19(21)3)23-15-22(25-16-26-23)29-12-5-4-6-13-29/h7-9,14-16H,4-6,10-13H2,1-3H3,(H,27,31). The average molecular weight is 419 g/mol. The van der Waals surface area contributed by atoms with Crippen LogP contribution in [0.4, 0.5) is 11.5 Å². The van der Waals surface area contributed by atoms with Gasteiger partial charge in [0.25, 0.3) is 0 Å². The molecule has 0 unspecified atom stereocenters. The second-order valence-corrected chi connectivity index (χ2v) is 8.26. The van der Waals surface area contributed by atoms with E-state index in [1.165, 1.54) is 19.3 Å². The predicted octanol–water partition coefficient (Wildman–Crippen LogP) is 4.15. The molecule has 1 aromatic carbocycles. The van der Waals surface area contributed by atoms with Crippen LogP contribution in [0.2, 0.25) is 0 Å². The summed E-state index contributed by atoms with van der Waals surface area (Å²) in [5, 5.41) is 7.70. The Balaban J connectivity index is 1.47. The number of carbonyl (C=O) groups is 1. The van der Waals surface area contributed by atoms with Crippen molar-refractivity contribution < 1.29 is 4.79 Å². The molecule has 1 saturated heterocycles. The summed E-state index contributed by atoms with van der Waals surface area (Å²) in [5.74, 6) is 1.73. The first-order valence-corrected chi connectivity index (χ1v) is 11.0. The van der Waals surface area contributed by atoms with Crippen LogP contribution >= 0.6 is 0 Å². The molecule has 1 fully saturated rings. The van der Waals surface area contributed by atoms with Gasteiger partial charge in [-0.25, -0.2) is 14.6 Å². The molecule has 1 amide bonds. The zero-order valence-electron chi connectivity index (χ0n) is 18.6. The van der Waals surface area contributed by atoms with Crippen LogP contribution in [0.5, 0.6) is 0 Å². The lowest BCUT2D eigenvalue weighted by Crippen LogP contribution is -2.30. The molecular weight excluding hydrogens is 388 g/mol. The summed E-state index contributed by atoms with van der Waals surface area (Å²) < 4.78 is 1.87. The van der Waals surface area contributed by atoms with Crippen molar-refractivity contribution in [1.82, 2.24) is 19.7 Å². The Hall–Kier alpha value is -3.22. The molecule has 3 heterocycles. The molecule has 0 atom stereocenters. The SMILES string of the molecule is Cc1cccc(NC(=O)CCc2c(C)nn(-c3cc(N4CCCCC4)ncn3)c2C)c1. The molecule has 3 aromatic rings. The van der Waals surface area contributed by atoms with E-state index in [1.54, 1.807) is 6.33 Å². The maximum absolute atomic E-state index is 12.5. The molecule has 7 nitrogen and oxygen atoms in total. The van der Waals surface area contributed by atoms with E-state index in [-0.39, 0.29) is 5.91 Å². The van der Waals surface area contributed by atoms with Crippen LogP contribution in [0, 0.1) is 20.8 Å². The summed E-state index contributed by atoms with van der Waals surface area (Å²) in [6.45, 7) is 8.12. The van der Waals surface area contributed by atoms with E-state index in [0.717, 1.165) is 52.9 Å². The Morgan fingerprint density at radius 3 is 2.58 bits per heavy atom. The number of nitrogens with one attached hydrogen (secondary N) is 1. The van der Waals surface area contributed by atoms with Crippen LogP contribution in [0.25, 0.3) is 5.82 Å². The first-order chi connectivity index (χ1) is 15.0. The number of hydrogen-bond acceptors (Lipinski definition) is 5. The zero-order chi connectivity index (χ0) is 21.8. The molecule has 4 rings (SSSR count). The number of rotatable bonds is 6. The Morgan fingerprint density at radius 1 is 1.03 bits per heavy atom. The predicted molar refractivity (Wildman–Crippen MR) is 123 cm³/mol. The molecule has 2 aromatic heterocycles. The first-order valence-electron chi connectivity index (χ1n) is 11.0. The largest absolute Gasteiger partial charge is 0.356 e. The van der Waals surface area contributed by atoms with Gasteiger partial charge < -0.3 is 10.2 Å². The molecule has 7 heteroatoms. The topological polar surface area (TPSA) is 75.9 Å². The van der Waals surface area contributed by atoms with E-state index in [4.69, 9.17) is 5.10 Å². The summed E-state index contributed by atoms with van der Waals surface area (Å²) >= 11 is 0. The van der Waals surface area contributed by atoms with Crippen molar-refractivity contribution in [3.05, 3.63) is 59.2 Å². The van der Waals surface area contributed by atoms with E-state index in [9.17, 15) is 4.79 Å². The number of piperidine rings is 1. The molecule has 1 aliphatic heterocycles. The lowest BCUT2D eigenvalue weighted by atomic mass is 10.1. The molecule has 0 aliphatic carbocycles. The minimum absolute atomic E-state index is 0.00608. The molecule has 162 valence electrons. The van der Waals surface area contributed by atoms with E-state index in [1.807, 2.05) is 55.8 Å². The maximum Gasteiger partial charge on any atom is 0.224 e. The summed E-state index contributed by atoms with van der Waals surface area (Å²) in [6, 6.07) is 9.86. The number of aryl methyl sites for hydroxylation is 2. The van der Waals surface area contributed by atoms with Crippen LogP contribution in [-0.2, 0) is 11.2 Å². The van der Waals surface area contributed by atoms with Crippen molar-refractivity contribution >= 4 is 17.4 Å². The monoisotopic (exact) mass is 418 g/mol. The van der Waals surface area contributed by atoms with Crippen LogP contribution in [0.15, 0.2) is 36.7 Å². The van der Waals surface area contributed by atoms with Crippen molar-refractivity contribution in [3.63, 3.8) is 0 Å². The number of anilines is 2. The minimum atomic E-state index is 0.00608.